The van der Waals surface area contributed by atoms with Crippen LogP contribution in [0, 0.1) is 0 Å². The summed E-state index contributed by atoms with van der Waals surface area (Å²) in [5, 5.41) is 6.66. The molecule has 0 aliphatic heterocycles. The standard InChI is InChI=1S/C38H22N4O/c1-2-11-23(12-3-1)41-28-17-7-4-14-26(28)32-34-35(40-22-21-39-34)33-27-15-5-8-18-29(27)42(37(33)36(32)41)30-19-10-16-25-24-13-6-9-20-31(24)43-38(25)30/h1-22H. The van der Waals surface area contributed by atoms with Gasteiger partial charge in [0, 0.05) is 50.4 Å². The molecule has 0 fully saturated rings. The lowest BCUT2D eigenvalue weighted by atomic mass is 10.1. The highest BCUT2D eigenvalue weighted by atomic mass is 16.3. The fourth-order valence-corrected chi connectivity index (χ4v) is 7.12. The van der Waals surface area contributed by atoms with Gasteiger partial charge < -0.3 is 13.6 Å². The van der Waals surface area contributed by atoms with Gasteiger partial charge in [-0.3, -0.25) is 9.97 Å². The summed E-state index contributed by atoms with van der Waals surface area (Å²) >= 11 is 0. The van der Waals surface area contributed by atoms with Crippen LogP contribution in [0.15, 0.2) is 138 Å². The van der Waals surface area contributed by atoms with Crippen LogP contribution in [0.5, 0.6) is 0 Å². The smallest absolute Gasteiger partial charge is 0.159 e. The largest absolute Gasteiger partial charge is 0.454 e. The second-order valence-electron chi connectivity index (χ2n) is 11.0. The van der Waals surface area contributed by atoms with E-state index in [0.717, 1.165) is 88.0 Å². The zero-order chi connectivity index (χ0) is 28.1. The number of benzene rings is 6. The third-order valence-electron chi connectivity index (χ3n) is 8.78. The monoisotopic (exact) mass is 550 g/mol. The van der Waals surface area contributed by atoms with Crippen molar-refractivity contribution in [1.82, 2.24) is 19.1 Å². The Morgan fingerprint density at radius 2 is 1.02 bits per heavy atom. The van der Waals surface area contributed by atoms with Gasteiger partial charge in [-0.05, 0) is 36.4 Å². The lowest BCUT2D eigenvalue weighted by molar-refractivity contribution is 0.666. The molecule has 0 bridgehead atoms. The number of nitrogens with zero attached hydrogens (tertiary/aromatic N) is 4. The van der Waals surface area contributed by atoms with Crippen LogP contribution in [-0.2, 0) is 0 Å². The van der Waals surface area contributed by atoms with Gasteiger partial charge in [0.15, 0.2) is 5.58 Å². The van der Waals surface area contributed by atoms with Gasteiger partial charge in [0.25, 0.3) is 0 Å². The quantitative estimate of drug-likeness (QED) is 0.215. The Hall–Kier alpha value is -5.94. The third-order valence-corrected chi connectivity index (χ3v) is 8.78. The highest BCUT2D eigenvalue weighted by molar-refractivity contribution is 6.35. The van der Waals surface area contributed by atoms with E-state index in [2.05, 4.69) is 118 Å². The van der Waals surface area contributed by atoms with Crippen LogP contribution in [0.25, 0.3) is 88.0 Å². The third kappa shape index (κ3) is 2.90. The maximum absolute atomic E-state index is 6.62. The highest BCUT2D eigenvalue weighted by Gasteiger charge is 2.26. The fraction of sp³-hybridized carbons (Fsp3) is 0. The molecule has 0 N–H and O–H groups in total. The molecule has 10 rings (SSSR count). The molecule has 0 radical (unpaired) electrons. The minimum Gasteiger partial charge on any atom is -0.454 e. The van der Waals surface area contributed by atoms with Crippen LogP contribution in [0.1, 0.15) is 0 Å². The highest BCUT2D eigenvalue weighted by Crippen LogP contribution is 2.46. The first-order valence-electron chi connectivity index (χ1n) is 14.4. The molecule has 0 unspecified atom stereocenters. The van der Waals surface area contributed by atoms with Crippen LogP contribution in [-0.4, -0.2) is 19.1 Å². The molecule has 0 saturated carbocycles. The Balaban J connectivity index is 1.55. The molecule has 4 aromatic heterocycles. The van der Waals surface area contributed by atoms with E-state index in [1.807, 2.05) is 12.1 Å². The summed E-state index contributed by atoms with van der Waals surface area (Å²) in [6, 6.07) is 42.5. The summed E-state index contributed by atoms with van der Waals surface area (Å²) in [7, 11) is 0. The van der Waals surface area contributed by atoms with E-state index in [9.17, 15) is 0 Å². The van der Waals surface area contributed by atoms with E-state index >= 15 is 0 Å². The molecule has 0 spiro atoms. The molecule has 10 aromatic rings. The maximum atomic E-state index is 6.62. The van der Waals surface area contributed by atoms with Gasteiger partial charge in [-0.2, -0.15) is 0 Å². The van der Waals surface area contributed by atoms with Gasteiger partial charge in [-0.15, -0.1) is 0 Å². The number of fused-ring (bicyclic) bond motifs is 13. The van der Waals surface area contributed by atoms with Crippen molar-refractivity contribution >= 4 is 76.6 Å². The average molecular weight is 551 g/mol. The summed E-state index contributed by atoms with van der Waals surface area (Å²) < 4.78 is 11.4. The molecule has 200 valence electrons. The topological polar surface area (TPSA) is 48.8 Å². The molecular weight excluding hydrogens is 528 g/mol. The van der Waals surface area contributed by atoms with E-state index in [-0.39, 0.29) is 0 Å². The number of para-hydroxylation sites is 5. The number of rotatable bonds is 2. The first kappa shape index (κ1) is 22.7. The molecule has 4 heterocycles. The van der Waals surface area contributed by atoms with E-state index in [0.29, 0.717) is 0 Å². The lowest BCUT2D eigenvalue weighted by Crippen LogP contribution is -1.99. The van der Waals surface area contributed by atoms with Crippen LogP contribution in [0.4, 0.5) is 0 Å². The van der Waals surface area contributed by atoms with Gasteiger partial charge in [0.1, 0.15) is 5.58 Å². The van der Waals surface area contributed by atoms with Crippen LogP contribution in [0.3, 0.4) is 0 Å². The van der Waals surface area contributed by atoms with Gasteiger partial charge in [0.2, 0.25) is 0 Å². The van der Waals surface area contributed by atoms with E-state index in [1.165, 1.54) is 0 Å². The number of hydrogen-bond acceptors (Lipinski definition) is 3. The Labute approximate surface area is 244 Å². The Kier molecular flexibility index (Phi) is 4.39. The van der Waals surface area contributed by atoms with Crippen molar-refractivity contribution in [2.45, 2.75) is 0 Å². The lowest BCUT2D eigenvalue weighted by Gasteiger charge is -2.13. The zero-order valence-electron chi connectivity index (χ0n) is 22.9. The fourth-order valence-electron chi connectivity index (χ4n) is 7.12. The summed E-state index contributed by atoms with van der Waals surface area (Å²) in [5.74, 6) is 0. The van der Waals surface area contributed by atoms with Crippen molar-refractivity contribution in [3.05, 3.63) is 134 Å². The molecule has 0 aliphatic rings. The molecule has 5 nitrogen and oxygen atoms in total. The molecule has 0 aliphatic carbocycles. The SMILES string of the molecule is c1ccc(-n2c3ccccc3c3c4nccnc4c4c5ccccc5n(-c5cccc6c5oc5ccccc56)c4c32)cc1. The minimum absolute atomic E-state index is 0.862. The van der Waals surface area contributed by atoms with Crippen molar-refractivity contribution in [1.29, 1.82) is 0 Å². The number of aromatic nitrogens is 4. The molecular formula is C38H22N4O. The van der Waals surface area contributed by atoms with Crippen LogP contribution in [0.2, 0.25) is 0 Å². The maximum Gasteiger partial charge on any atom is 0.159 e. The average Bonchev–Trinajstić information content (AvgIpc) is 3.73. The van der Waals surface area contributed by atoms with Crippen molar-refractivity contribution in [2.24, 2.45) is 0 Å². The molecule has 43 heavy (non-hydrogen) atoms. The summed E-state index contributed by atoms with van der Waals surface area (Å²) in [4.78, 5) is 9.97. The van der Waals surface area contributed by atoms with Crippen LogP contribution >= 0.6 is 0 Å². The van der Waals surface area contributed by atoms with E-state index < -0.39 is 0 Å². The Morgan fingerprint density at radius 3 is 1.74 bits per heavy atom. The first-order valence-corrected chi connectivity index (χ1v) is 14.4. The predicted molar refractivity (Wildman–Crippen MR) is 175 cm³/mol. The van der Waals surface area contributed by atoms with Gasteiger partial charge in [0.05, 0.1) is 38.8 Å². The van der Waals surface area contributed by atoms with E-state index in [1.54, 1.807) is 12.4 Å². The van der Waals surface area contributed by atoms with Gasteiger partial charge in [-0.1, -0.05) is 84.9 Å². The van der Waals surface area contributed by atoms with Crippen molar-refractivity contribution < 1.29 is 4.42 Å². The Morgan fingerprint density at radius 1 is 0.465 bits per heavy atom. The molecule has 0 saturated heterocycles. The van der Waals surface area contributed by atoms with Crippen LogP contribution < -0.4 is 0 Å². The van der Waals surface area contributed by atoms with Gasteiger partial charge in [-0.25, -0.2) is 0 Å². The van der Waals surface area contributed by atoms with Crippen molar-refractivity contribution in [2.75, 3.05) is 0 Å². The molecule has 5 heteroatoms. The Bertz CT molecular complexity index is 2730. The first-order chi connectivity index (χ1) is 21.4. The van der Waals surface area contributed by atoms with Crippen molar-refractivity contribution in [3.63, 3.8) is 0 Å². The molecule has 6 aromatic carbocycles. The second-order valence-corrected chi connectivity index (χ2v) is 11.0. The molecule has 0 amide bonds. The summed E-state index contributed by atoms with van der Waals surface area (Å²) in [6.07, 6.45) is 3.60. The van der Waals surface area contributed by atoms with Gasteiger partial charge >= 0.3 is 0 Å². The summed E-state index contributed by atoms with van der Waals surface area (Å²) in [6.45, 7) is 0. The molecule has 0 atom stereocenters. The summed E-state index contributed by atoms with van der Waals surface area (Å²) in [5.41, 5.74) is 10.0. The second kappa shape index (κ2) is 8.30. The van der Waals surface area contributed by atoms with Crippen molar-refractivity contribution in [3.8, 4) is 11.4 Å². The minimum atomic E-state index is 0.862. The number of hydrogen-bond donors (Lipinski definition) is 0. The zero-order valence-corrected chi connectivity index (χ0v) is 22.9. The predicted octanol–water partition coefficient (Wildman–Crippen LogP) is 9.72. The van der Waals surface area contributed by atoms with E-state index in [4.69, 9.17) is 14.4 Å². The normalized spacial score (nSPS) is 12.2. The number of furan rings is 1.